The normalized spacial score (nSPS) is 17.3. The molecule has 5 atom stereocenters. The van der Waals surface area contributed by atoms with E-state index in [9.17, 15) is 9.90 Å². The van der Waals surface area contributed by atoms with Gasteiger partial charge in [-0.15, -0.1) is 13.2 Å². The number of aliphatic hydroxyl groups is 1. The molecule has 0 aliphatic rings. The van der Waals surface area contributed by atoms with E-state index in [-0.39, 0.29) is 34.2 Å². The zero-order chi connectivity index (χ0) is 37.3. The van der Waals surface area contributed by atoms with Crippen LogP contribution in [0.1, 0.15) is 108 Å². The van der Waals surface area contributed by atoms with E-state index in [1.54, 1.807) is 0 Å². The number of rotatable bonds is 22. The van der Waals surface area contributed by atoms with Crippen molar-refractivity contribution in [3.63, 3.8) is 0 Å². The van der Waals surface area contributed by atoms with Crippen LogP contribution < -0.4 is 0 Å². The minimum absolute atomic E-state index is 0.00840. The molecule has 0 bridgehead atoms. The van der Waals surface area contributed by atoms with E-state index in [4.69, 9.17) is 13.6 Å². The van der Waals surface area contributed by atoms with Gasteiger partial charge in [-0.2, -0.15) is 0 Å². The molecule has 5 nitrogen and oxygen atoms in total. The molecule has 0 fully saturated rings. The zero-order valence-electron chi connectivity index (χ0n) is 33.4. The number of carbonyl (C=O) groups is 1. The maximum absolute atomic E-state index is 12.9. The van der Waals surface area contributed by atoms with Crippen molar-refractivity contribution in [3.05, 3.63) is 72.9 Å². The molecule has 0 aromatic carbocycles. The molecule has 0 spiro atoms. The summed E-state index contributed by atoms with van der Waals surface area (Å²) in [5, 5.41) is 9.98. The molecule has 0 amide bonds. The zero-order valence-corrected chi connectivity index (χ0v) is 35.4. The van der Waals surface area contributed by atoms with Crippen LogP contribution in [-0.2, 0) is 18.4 Å². The first-order valence-electron chi connectivity index (χ1n) is 18.1. The Labute approximate surface area is 299 Å². The molecule has 0 saturated heterocycles. The second kappa shape index (κ2) is 21.4. The van der Waals surface area contributed by atoms with Gasteiger partial charge in [-0.05, 0) is 88.1 Å². The van der Waals surface area contributed by atoms with Gasteiger partial charge >= 0.3 is 5.97 Å². The van der Waals surface area contributed by atoms with Crippen molar-refractivity contribution in [2.45, 2.75) is 162 Å². The first kappa shape index (κ1) is 46.2. The molecule has 48 heavy (non-hydrogen) atoms. The fourth-order valence-electron chi connectivity index (χ4n) is 4.49. The van der Waals surface area contributed by atoms with Crippen molar-refractivity contribution in [1.82, 2.24) is 0 Å². The maximum atomic E-state index is 12.9. The first-order chi connectivity index (χ1) is 22.0. The second-order valence-corrected chi connectivity index (χ2v) is 26.3. The van der Waals surface area contributed by atoms with E-state index in [1.165, 1.54) is 12.2 Å². The quantitative estimate of drug-likeness (QED) is 0.0304. The molecule has 0 radical (unpaired) electrons. The summed E-state index contributed by atoms with van der Waals surface area (Å²) in [7, 11) is -3.76. The van der Waals surface area contributed by atoms with Gasteiger partial charge in [0.1, 0.15) is 6.10 Å². The number of hydrogen-bond acceptors (Lipinski definition) is 5. The Morgan fingerprint density at radius 3 is 1.96 bits per heavy atom. The van der Waals surface area contributed by atoms with Gasteiger partial charge in [-0.1, -0.05) is 109 Å². The summed E-state index contributed by atoms with van der Waals surface area (Å²) in [5.74, 6) is -0.0421. The average molecular weight is 703 g/mol. The molecule has 0 saturated carbocycles. The van der Waals surface area contributed by atoms with Gasteiger partial charge in [0, 0.05) is 18.4 Å². The third-order valence-electron chi connectivity index (χ3n) is 10.1. The van der Waals surface area contributed by atoms with Gasteiger partial charge in [-0.3, -0.25) is 0 Å². The van der Waals surface area contributed by atoms with Gasteiger partial charge in [0.15, 0.2) is 16.6 Å². The molecule has 0 rings (SSSR count). The Morgan fingerprint density at radius 1 is 0.812 bits per heavy atom. The standard InChI is InChI=1S/C41H74O5Si2/c1-17-34(5)37(46-48(15,16)41(10,11)12)27-23-19-21-25-32(3)30-38(45-39(43)28-24-20-22-26-36(42)18-2)35(6)29-33(4)31-44-47(13,14)40(7,8)9/h17-19,21,24-25,28-29,34-38,42H,1-2,20,22-23,26-27,30-31H2,3-16H3/b21-19+,28-24+,32-25+,33-29+/t34-,35+,36+,37-,38?/m0/s1. The van der Waals surface area contributed by atoms with Crippen molar-refractivity contribution < 1.29 is 23.5 Å². The SMILES string of the molecule is C=C[C@@H](O)CCC/C=C/C(=O)OC(C/C(C)=C/C=C/CC[C@H](O[Si](C)(C)C(C)(C)C)[C@@H](C)C=C)[C@H](C)/C=C(\C)CO[Si](C)(C)C(C)(C)C. The molecule has 1 N–H and O–H groups in total. The van der Waals surface area contributed by atoms with Crippen molar-refractivity contribution in [1.29, 1.82) is 0 Å². The lowest BCUT2D eigenvalue weighted by Crippen LogP contribution is -2.45. The lowest BCUT2D eigenvalue weighted by molar-refractivity contribution is -0.144. The number of carbonyl (C=O) groups excluding carboxylic acids is 1. The number of esters is 1. The highest BCUT2D eigenvalue weighted by Gasteiger charge is 2.40. The van der Waals surface area contributed by atoms with E-state index in [0.717, 1.165) is 30.4 Å². The molecule has 0 aliphatic heterocycles. The molecule has 1 unspecified atom stereocenters. The lowest BCUT2D eigenvalue weighted by Gasteiger charge is -2.40. The number of aliphatic hydroxyl groups excluding tert-OH is 1. The highest BCUT2D eigenvalue weighted by molar-refractivity contribution is 6.74. The largest absolute Gasteiger partial charge is 0.458 e. The third-order valence-corrected chi connectivity index (χ3v) is 19.1. The van der Waals surface area contributed by atoms with Gasteiger partial charge in [-0.25, -0.2) is 4.79 Å². The summed E-state index contributed by atoms with van der Waals surface area (Å²) in [5.41, 5.74) is 2.30. The van der Waals surface area contributed by atoms with E-state index in [0.29, 0.717) is 31.8 Å². The number of hydrogen-bond donors (Lipinski definition) is 1. The highest BCUT2D eigenvalue weighted by Crippen LogP contribution is 2.39. The van der Waals surface area contributed by atoms with Crippen LogP contribution in [0.3, 0.4) is 0 Å². The van der Waals surface area contributed by atoms with Crippen LogP contribution in [0.15, 0.2) is 72.9 Å². The third kappa shape index (κ3) is 18.3. The Hall–Kier alpha value is -1.78. The van der Waals surface area contributed by atoms with Crippen LogP contribution in [0.25, 0.3) is 0 Å². The predicted molar refractivity (Wildman–Crippen MR) is 213 cm³/mol. The summed E-state index contributed by atoms with van der Waals surface area (Å²) in [6, 6.07) is 0. The maximum Gasteiger partial charge on any atom is 0.330 e. The van der Waals surface area contributed by atoms with Crippen LogP contribution >= 0.6 is 0 Å². The van der Waals surface area contributed by atoms with Gasteiger partial charge in [0.05, 0.1) is 18.8 Å². The van der Waals surface area contributed by atoms with Crippen molar-refractivity contribution in [2.24, 2.45) is 11.8 Å². The predicted octanol–water partition coefficient (Wildman–Crippen LogP) is 11.7. The minimum Gasteiger partial charge on any atom is -0.458 e. The van der Waals surface area contributed by atoms with Crippen LogP contribution in [-0.4, -0.2) is 52.6 Å². The highest BCUT2D eigenvalue weighted by atomic mass is 28.4. The van der Waals surface area contributed by atoms with Gasteiger partial charge < -0.3 is 18.7 Å². The number of unbranched alkanes of at least 4 members (excludes halogenated alkanes) is 1. The van der Waals surface area contributed by atoms with Crippen molar-refractivity contribution >= 4 is 22.6 Å². The molecule has 0 aromatic heterocycles. The number of allylic oxidation sites excluding steroid dienone is 4. The molecule has 0 heterocycles. The van der Waals surface area contributed by atoms with E-state index in [2.05, 4.69) is 133 Å². The van der Waals surface area contributed by atoms with E-state index >= 15 is 0 Å². The fraction of sp³-hybridized carbons (Fsp3) is 0.683. The number of ether oxygens (including phenoxy) is 1. The molecule has 0 aliphatic carbocycles. The lowest BCUT2D eigenvalue weighted by atomic mass is 9.95. The molecule has 276 valence electrons. The monoisotopic (exact) mass is 703 g/mol. The summed E-state index contributed by atoms with van der Waals surface area (Å²) in [6.45, 7) is 39.5. The summed E-state index contributed by atoms with van der Waals surface area (Å²) in [6.07, 6.45) is 19.5. The molecule has 7 heteroatoms. The van der Waals surface area contributed by atoms with E-state index < -0.39 is 22.7 Å². The minimum atomic E-state index is -1.89. The summed E-state index contributed by atoms with van der Waals surface area (Å²) < 4.78 is 19.3. The van der Waals surface area contributed by atoms with Gasteiger partial charge in [0.2, 0.25) is 0 Å². The molecule has 0 aromatic rings. The van der Waals surface area contributed by atoms with Crippen LogP contribution in [0, 0.1) is 11.8 Å². The molecular formula is C41H74O5Si2. The topological polar surface area (TPSA) is 65.0 Å². The second-order valence-electron chi connectivity index (χ2n) is 16.8. The summed E-state index contributed by atoms with van der Waals surface area (Å²) in [4.78, 5) is 12.9. The Kier molecular flexibility index (Phi) is 20.6. The van der Waals surface area contributed by atoms with Gasteiger partial charge in [0.25, 0.3) is 0 Å². The first-order valence-corrected chi connectivity index (χ1v) is 23.9. The Bertz CT molecular complexity index is 1100. The Balaban J connectivity index is 5.69. The van der Waals surface area contributed by atoms with E-state index in [1.807, 2.05) is 12.2 Å². The van der Waals surface area contributed by atoms with Crippen LogP contribution in [0.4, 0.5) is 0 Å². The smallest absolute Gasteiger partial charge is 0.330 e. The average Bonchev–Trinajstić information content (AvgIpc) is 2.96. The van der Waals surface area contributed by atoms with Crippen molar-refractivity contribution in [3.8, 4) is 0 Å². The van der Waals surface area contributed by atoms with Crippen molar-refractivity contribution in [2.75, 3.05) is 6.61 Å². The molecular weight excluding hydrogens is 629 g/mol. The summed E-state index contributed by atoms with van der Waals surface area (Å²) >= 11 is 0. The van der Waals surface area contributed by atoms with Crippen LogP contribution in [0.2, 0.25) is 36.3 Å². The fourth-order valence-corrected chi connectivity index (χ4v) is 6.96. The Morgan fingerprint density at radius 2 is 1.42 bits per heavy atom. The van der Waals surface area contributed by atoms with Crippen LogP contribution in [0.5, 0.6) is 0 Å².